The van der Waals surface area contributed by atoms with Crippen LogP contribution in [-0.4, -0.2) is 15.0 Å². The highest BCUT2D eigenvalue weighted by atomic mass is 15.0. The minimum Gasteiger partial charge on any atom is -0.208 e. The molecule has 3 aliphatic carbocycles. The highest BCUT2D eigenvalue weighted by Gasteiger charge is 2.42. The first-order valence-corrected chi connectivity index (χ1v) is 19.2. The molecule has 0 saturated heterocycles. The summed E-state index contributed by atoms with van der Waals surface area (Å²) in [6.07, 6.45) is 14.1. The number of rotatable bonds is 6. The molecule has 0 amide bonds. The zero-order valence-corrected chi connectivity index (χ0v) is 30.6. The summed E-state index contributed by atoms with van der Waals surface area (Å²) >= 11 is 0. The molecule has 6 aromatic carbocycles. The molecule has 4 atom stereocenters. The molecule has 1 aromatic heterocycles. The molecule has 3 nitrogen and oxygen atoms in total. The van der Waals surface area contributed by atoms with Gasteiger partial charge in [-0.05, 0) is 80.0 Å². The zero-order valence-electron chi connectivity index (χ0n) is 30.6. The van der Waals surface area contributed by atoms with Gasteiger partial charge in [0.2, 0.25) is 0 Å². The Kier molecular flexibility index (Phi) is 8.33. The smallest absolute Gasteiger partial charge is 0.164 e. The van der Waals surface area contributed by atoms with Crippen molar-refractivity contribution < 1.29 is 0 Å². The summed E-state index contributed by atoms with van der Waals surface area (Å²) in [5, 5.41) is 0. The lowest BCUT2D eigenvalue weighted by Crippen LogP contribution is -2.33. The molecule has 262 valence electrons. The maximum atomic E-state index is 5.14. The lowest BCUT2D eigenvalue weighted by atomic mass is 9.58. The summed E-state index contributed by atoms with van der Waals surface area (Å²) in [5.74, 6) is 3.48. The zero-order chi connectivity index (χ0) is 36.7. The Hall–Kier alpha value is -6.71. The Balaban J connectivity index is 1.06. The third-order valence-corrected chi connectivity index (χ3v) is 11.6. The molecule has 3 aliphatic rings. The van der Waals surface area contributed by atoms with Gasteiger partial charge < -0.3 is 0 Å². The summed E-state index contributed by atoms with van der Waals surface area (Å²) < 4.78 is 0. The largest absolute Gasteiger partial charge is 0.208 e. The second-order valence-corrected chi connectivity index (χ2v) is 14.8. The van der Waals surface area contributed by atoms with Gasteiger partial charge in [-0.15, -0.1) is 0 Å². The normalized spacial score (nSPS) is 19.4. The number of nitrogens with zero attached hydrogens (tertiary/aromatic N) is 3. The number of benzene rings is 6. The molecule has 3 heteroatoms. The van der Waals surface area contributed by atoms with Gasteiger partial charge in [0.05, 0.1) is 0 Å². The van der Waals surface area contributed by atoms with Gasteiger partial charge in [0, 0.05) is 22.6 Å². The summed E-state index contributed by atoms with van der Waals surface area (Å²) in [6, 6.07) is 55.6. The first-order valence-electron chi connectivity index (χ1n) is 19.2. The number of allylic oxidation sites excluding steroid dienone is 8. The van der Waals surface area contributed by atoms with Crippen molar-refractivity contribution in [2.24, 2.45) is 17.8 Å². The quantitative estimate of drug-likeness (QED) is 0.173. The third kappa shape index (κ3) is 5.99. The van der Waals surface area contributed by atoms with Crippen LogP contribution in [0.15, 0.2) is 194 Å². The van der Waals surface area contributed by atoms with Crippen molar-refractivity contribution in [3.63, 3.8) is 0 Å². The van der Waals surface area contributed by atoms with E-state index in [1.54, 1.807) is 0 Å². The fourth-order valence-corrected chi connectivity index (χ4v) is 9.01. The molecule has 0 aliphatic heterocycles. The van der Waals surface area contributed by atoms with E-state index in [9.17, 15) is 0 Å². The topological polar surface area (TPSA) is 38.7 Å². The van der Waals surface area contributed by atoms with Crippen LogP contribution in [0.5, 0.6) is 0 Å². The molecule has 55 heavy (non-hydrogen) atoms. The van der Waals surface area contributed by atoms with Crippen LogP contribution in [0.1, 0.15) is 29.5 Å². The van der Waals surface area contributed by atoms with E-state index in [1.165, 1.54) is 33.4 Å². The Bertz CT molecular complexity index is 2680. The van der Waals surface area contributed by atoms with Gasteiger partial charge in [-0.2, -0.15) is 0 Å². The van der Waals surface area contributed by atoms with Crippen molar-refractivity contribution in [3.05, 3.63) is 211 Å². The van der Waals surface area contributed by atoms with Crippen LogP contribution in [0.2, 0.25) is 0 Å². The van der Waals surface area contributed by atoms with Crippen LogP contribution in [0.4, 0.5) is 0 Å². The fraction of sp³-hybridized carbons (Fsp3) is 0.0962. The maximum absolute atomic E-state index is 5.14. The fourth-order valence-electron chi connectivity index (χ4n) is 9.01. The van der Waals surface area contributed by atoms with Crippen molar-refractivity contribution in [1.29, 1.82) is 0 Å². The van der Waals surface area contributed by atoms with Gasteiger partial charge in [0.15, 0.2) is 17.5 Å². The van der Waals surface area contributed by atoms with E-state index in [2.05, 4.69) is 177 Å². The third-order valence-electron chi connectivity index (χ3n) is 11.6. The van der Waals surface area contributed by atoms with Crippen molar-refractivity contribution in [2.45, 2.75) is 12.8 Å². The van der Waals surface area contributed by atoms with Crippen molar-refractivity contribution in [3.8, 4) is 56.4 Å². The number of hydrogen-bond acceptors (Lipinski definition) is 3. The van der Waals surface area contributed by atoms with Gasteiger partial charge in [-0.3, -0.25) is 0 Å². The highest BCUT2D eigenvalue weighted by molar-refractivity contribution is 5.89. The van der Waals surface area contributed by atoms with Crippen LogP contribution in [-0.2, 0) is 0 Å². The molecular weight excluding hydrogens is 667 g/mol. The molecule has 0 N–H and O–H groups in total. The number of fused-ring (bicyclic) bond motifs is 6. The maximum Gasteiger partial charge on any atom is 0.164 e. The Morgan fingerprint density at radius 1 is 0.400 bits per heavy atom. The van der Waals surface area contributed by atoms with E-state index < -0.39 is 0 Å². The molecule has 4 unspecified atom stereocenters. The number of aromatic nitrogens is 3. The molecule has 10 rings (SSSR count). The molecule has 0 fully saturated rings. The SMILES string of the molecule is CC1C(c2ccccc2-c2cccc(-c3nc(-c4ccccc4)nc(-c4cccc(-c5ccccc5)c4)n3)c2)=CC=C2c3ccccc3C3C=CC=CC3C21. The first kappa shape index (κ1) is 32.9. The van der Waals surface area contributed by atoms with E-state index in [0.29, 0.717) is 41.1 Å². The van der Waals surface area contributed by atoms with Crippen LogP contribution >= 0.6 is 0 Å². The monoisotopic (exact) mass is 705 g/mol. The predicted molar refractivity (Wildman–Crippen MR) is 227 cm³/mol. The average molecular weight is 706 g/mol. The molecular formula is C52H39N3. The Labute approximate surface area is 322 Å². The van der Waals surface area contributed by atoms with E-state index in [1.807, 2.05) is 24.3 Å². The molecule has 0 radical (unpaired) electrons. The van der Waals surface area contributed by atoms with Gasteiger partial charge >= 0.3 is 0 Å². The summed E-state index contributed by atoms with van der Waals surface area (Å²) in [5.41, 5.74) is 14.4. The first-order chi connectivity index (χ1) is 27.2. The second kappa shape index (κ2) is 13.9. The second-order valence-electron chi connectivity index (χ2n) is 14.8. The molecule has 0 spiro atoms. The van der Waals surface area contributed by atoms with E-state index in [4.69, 9.17) is 15.0 Å². The standard InChI is InChI=1S/C52H39N3/c1-34-41(30-31-48-46-28-11-10-26-44(46)45-27-12-13-29-47(45)49(34)48)43-25-9-8-24-42(43)38-21-15-23-40(33-38)52-54-50(36-18-6-3-7-19-36)53-51(55-52)39-22-14-20-37(32-39)35-16-4-2-5-17-35/h2-34,45,47,49H,1H3. The molecule has 7 aromatic rings. The van der Waals surface area contributed by atoms with Crippen LogP contribution in [0.25, 0.3) is 67.6 Å². The predicted octanol–water partition coefficient (Wildman–Crippen LogP) is 12.8. The lowest BCUT2D eigenvalue weighted by molar-refractivity contribution is 0.370. The lowest BCUT2D eigenvalue weighted by Gasteiger charge is -2.45. The van der Waals surface area contributed by atoms with E-state index >= 15 is 0 Å². The van der Waals surface area contributed by atoms with Gasteiger partial charge in [-0.1, -0.05) is 189 Å². The Morgan fingerprint density at radius 3 is 1.64 bits per heavy atom. The van der Waals surface area contributed by atoms with Crippen molar-refractivity contribution in [1.82, 2.24) is 15.0 Å². The highest BCUT2D eigenvalue weighted by Crippen LogP contribution is 2.55. The van der Waals surface area contributed by atoms with E-state index in [-0.39, 0.29) is 0 Å². The average Bonchev–Trinajstić information content (AvgIpc) is 3.27. The van der Waals surface area contributed by atoms with Gasteiger partial charge in [0.25, 0.3) is 0 Å². The van der Waals surface area contributed by atoms with Crippen molar-refractivity contribution >= 4 is 11.1 Å². The van der Waals surface area contributed by atoms with Gasteiger partial charge in [0.1, 0.15) is 0 Å². The molecule has 0 saturated carbocycles. The van der Waals surface area contributed by atoms with Gasteiger partial charge in [-0.25, -0.2) is 15.0 Å². The summed E-state index contributed by atoms with van der Waals surface area (Å²) in [7, 11) is 0. The minimum atomic E-state index is 0.326. The molecule has 1 heterocycles. The Morgan fingerprint density at radius 2 is 0.909 bits per heavy atom. The van der Waals surface area contributed by atoms with Crippen LogP contribution in [0.3, 0.4) is 0 Å². The van der Waals surface area contributed by atoms with Crippen molar-refractivity contribution in [2.75, 3.05) is 0 Å². The van der Waals surface area contributed by atoms with E-state index in [0.717, 1.165) is 33.4 Å². The number of hydrogen-bond donors (Lipinski definition) is 0. The minimum absolute atomic E-state index is 0.326. The summed E-state index contributed by atoms with van der Waals surface area (Å²) in [6.45, 7) is 2.43. The van der Waals surface area contributed by atoms with Crippen LogP contribution < -0.4 is 0 Å². The van der Waals surface area contributed by atoms with Crippen LogP contribution in [0, 0.1) is 17.8 Å². The molecule has 0 bridgehead atoms. The summed E-state index contributed by atoms with van der Waals surface area (Å²) in [4.78, 5) is 15.3.